The zero-order chi connectivity index (χ0) is 12.5. The van der Waals surface area contributed by atoms with Crippen molar-refractivity contribution in [1.29, 1.82) is 0 Å². The van der Waals surface area contributed by atoms with Crippen LogP contribution in [-0.2, 0) is 10.0 Å². The first-order valence-corrected chi connectivity index (χ1v) is 7.26. The second-order valence-electron chi connectivity index (χ2n) is 4.61. The molecule has 1 aromatic rings. The maximum atomic E-state index is 12.3. The number of hydrogen-bond acceptors (Lipinski definition) is 3. The van der Waals surface area contributed by atoms with Crippen molar-refractivity contribution in [1.82, 2.24) is 4.31 Å². The second kappa shape index (κ2) is 4.76. The van der Waals surface area contributed by atoms with Gasteiger partial charge in [-0.25, -0.2) is 8.42 Å². The number of nitrogens with zero attached hydrogens (tertiary/aromatic N) is 1. The highest BCUT2D eigenvalue weighted by atomic mass is 32.2. The zero-order valence-electron chi connectivity index (χ0n) is 9.91. The van der Waals surface area contributed by atoms with E-state index in [2.05, 4.69) is 6.92 Å². The highest BCUT2D eigenvalue weighted by molar-refractivity contribution is 7.89. The summed E-state index contributed by atoms with van der Waals surface area (Å²) in [4.78, 5) is 0.349. The van der Waals surface area contributed by atoms with Crippen LogP contribution in [0.3, 0.4) is 0 Å². The van der Waals surface area contributed by atoms with Crippen LogP contribution in [0.15, 0.2) is 35.2 Å². The smallest absolute Gasteiger partial charge is 0.243 e. The molecule has 1 aliphatic rings. The van der Waals surface area contributed by atoms with E-state index in [0.717, 1.165) is 6.42 Å². The third kappa shape index (κ3) is 2.51. The van der Waals surface area contributed by atoms with Crippen LogP contribution in [0.25, 0.3) is 0 Å². The van der Waals surface area contributed by atoms with Crippen LogP contribution in [0.2, 0.25) is 0 Å². The van der Waals surface area contributed by atoms with E-state index >= 15 is 0 Å². The Morgan fingerprint density at radius 3 is 2.53 bits per heavy atom. The summed E-state index contributed by atoms with van der Waals surface area (Å²) in [6.07, 6.45) is 0.827. The van der Waals surface area contributed by atoms with Gasteiger partial charge in [0.1, 0.15) is 0 Å². The first-order valence-electron chi connectivity index (χ1n) is 5.82. The molecule has 0 bridgehead atoms. The standard InChI is InChI=1S/C12H18N2O2S/c1-10-7-8-14(9-12(10)13)17(15,16)11-5-3-2-4-6-11/h2-6,10,12H,7-9,13H2,1H3. The van der Waals surface area contributed by atoms with Crippen molar-refractivity contribution < 1.29 is 8.42 Å². The molecule has 1 saturated heterocycles. The van der Waals surface area contributed by atoms with Gasteiger partial charge in [-0.15, -0.1) is 0 Å². The first-order chi connectivity index (χ1) is 8.01. The third-order valence-electron chi connectivity index (χ3n) is 3.36. The van der Waals surface area contributed by atoms with Gasteiger partial charge in [0.25, 0.3) is 0 Å². The molecule has 1 aromatic carbocycles. The van der Waals surface area contributed by atoms with Crippen LogP contribution >= 0.6 is 0 Å². The van der Waals surface area contributed by atoms with Crippen molar-refractivity contribution in [3.63, 3.8) is 0 Å². The topological polar surface area (TPSA) is 63.4 Å². The molecule has 1 heterocycles. The monoisotopic (exact) mass is 254 g/mol. The van der Waals surface area contributed by atoms with E-state index in [-0.39, 0.29) is 6.04 Å². The summed E-state index contributed by atoms with van der Waals surface area (Å²) >= 11 is 0. The number of rotatable bonds is 2. The molecule has 0 radical (unpaired) electrons. The first kappa shape index (κ1) is 12.5. The minimum atomic E-state index is -3.37. The maximum Gasteiger partial charge on any atom is 0.243 e. The Bertz CT molecular complexity index is 473. The summed E-state index contributed by atoms with van der Waals surface area (Å²) in [6.45, 7) is 3.04. The average Bonchev–Trinajstić information content (AvgIpc) is 2.33. The maximum absolute atomic E-state index is 12.3. The highest BCUT2D eigenvalue weighted by Gasteiger charge is 2.31. The van der Waals surface area contributed by atoms with Crippen molar-refractivity contribution in [3.05, 3.63) is 30.3 Å². The van der Waals surface area contributed by atoms with Crippen molar-refractivity contribution in [2.24, 2.45) is 11.7 Å². The third-order valence-corrected chi connectivity index (χ3v) is 5.24. The number of hydrogen-bond donors (Lipinski definition) is 1. The van der Waals surface area contributed by atoms with Gasteiger partial charge in [0.2, 0.25) is 10.0 Å². The SMILES string of the molecule is CC1CCN(S(=O)(=O)c2ccccc2)CC1N. The molecule has 0 saturated carbocycles. The van der Waals surface area contributed by atoms with E-state index in [1.165, 1.54) is 4.31 Å². The van der Waals surface area contributed by atoms with Gasteiger partial charge in [-0.2, -0.15) is 4.31 Å². The van der Waals surface area contributed by atoms with E-state index in [1.807, 2.05) is 6.07 Å². The second-order valence-corrected chi connectivity index (χ2v) is 6.54. The molecular weight excluding hydrogens is 236 g/mol. The van der Waals surface area contributed by atoms with Gasteiger partial charge in [-0.05, 0) is 24.5 Å². The Morgan fingerprint density at radius 1 is 1.29 bits per heavy atom. The molecule has 17 heavy (non-hydrogen) atoms. The predicted octanol–water partition coefficient (Wildman–Crippen LogP) is 1.04. The zero-order valence-corrected chi connectivity index (χ0v) is 10.7. The van der Waals surface area contributed by atoms with Crippen LogP contribution in [0, 0.1) is 5.92 Å². The lowest BCUT2D eigenvalue weighted by Gasteiger charge is -2.34. The molecule has 0 amide bonds. The minimum absolute atomic E-state index is 0.0674. The molecule has 1 fully saturated rings. The number of sulfonamides is 1. The van der Waals surface area contributed by atoms with Gasteiger partial charge in [-0.1, -0.05) is 25.1 Å². The lowest BCUT2D eigenvalue weighted by molar-refractivity contribution is 0.253. The largest absolute Gasteiger partial charge is 0.326 e. The number of nitrogens with two attached hydrogens (primary N) is 1. The summed E-state index contributed by atoms with van der Waals surface area (Å²) in [5.41, 5.74) is 5.94. The van der Waals surface area contributed by atoms with Crippen LogP contribution < -0.4 is 5.73 Å². The molecular formula is C12H18N2O2S. The number of piperidine rings is 1. The Morgan fingerprint density at radius 2 is 1.94 bits per heavy atom. The average molecular weight is 254 g/mol. The van der Waals surface area contributed by atoms with Gasteiger partial charge in [0, 0.05) is 19.1 Å². The Labute approximate surface area is 102 Å². The van der Waals surface area contributed by atoms with Crippen LogP contribution in [0.1, 0.15) is 13.3 Å². The van der Waals surface area contributed by atoms with Crippen LogP contribution in [0.5, 0.6) is 0 Å². The fraction of sp³-hybridized carbons (Fsp3) is 0.500. The van der Waals surface area contributed by atoms with Gasteiger partial charge >= 0.3 is 0 Å². The van der Waals surface area contributed by atoms with Crippen molar-refractivity contribution in [3.8, 4) is 0 Å². The predicted molar refractivity (Wildman–Crippen MR) is 67.0 cm³/mol. The lowest BCUT2D eigenvalue weighted by Crippen LogP contribution is -2.49. The van der Waals surface area contributed by atoms with Crippen LogP contribution in [0.4, 0.5) is 0 Å². The lowest BCUT2D eigenvalue weighted by atomic mass is 9.96. The number of benzene rings is 1. The minimum Gasteiger partial charge on any atom is -0.326 e. The van der Waals surface area contributed by atoms with E-state index in [1.54, 1.807) is 24.3 Å². The molecule has 2 rings (SSSR count). The molecule has 94 valence electrons. The molecule has 5 heteroatoms. The van der Waals surface area contributed by atoms with Gasteiger partial charge in [0.15, 0.2) is 0 Å². The van der Waals surface area contributed by atoms with Crippen molar-refractivity contribution in [2.45, 2.75) is 24.3 Å². The molecule has 0 aromatic heterocycles. The molecule has 2 unspecified atom stereocenters. The summed E-state index contributed by atoms with van der Waals surface area (Å²) in [6, 6.07) is 8.46. The van der Waals surface area contributed by atoms with E-state index in [9.17, 15) is 8.42 Å². The normalized spacial score (nSPS) is 26.9. The quantitative estimate of drug-likeness (QED) is 0.858. The Hall–Kier alpha value is -0.910. The van der Waals surface area contributed by atoms with E-state index < -0.39 is 10.0 Å². The Kier molecular flexibility index (Phi) is 3.51. The summed E-state index contributed by atoms with van der Waals surface area (Å²) in [5.74, 6) is 0.386. The fourth-order valence-corrected chi connectivity index (χ4v) is 3.54. The summed E-state index contributed by atoms with van der Waals surface area (Å²) in [7, 11) is -3.37. The summed E-state index contributed by atoms with van der Waals surface area (Å²) < 4.78 is 26.1. The van der Waals surface area contributed by atoms with Crippen molar-refractivity contribution >= 4 is 10.0 Å². The molecule has 0 spiro atoms. The van der Waals surface area contributed by atoms with Gasteiger partial charge in [-0.3, -0.25) is 0 Å². The van der Waals surface area contributed by atoms with E-state index in [0.29, 0.717) is 23.9 Å². The van der Waals surface area contributed by atoms with Crippen LogP contribution in [-0.4, -0.2) is 31.9 Å². The van der Waals surface area contributed by atoms with E-state index in [4.69, 9.17) is 5.73 Å². The molecule has 2 N–H and O–H groups in total. The van der Waals surface area contributed by atoms with Gasteiger partial charge in [0.05, 0.1) is 4.90 Å². The van der Waals surface area contributed by atoms with Gasteiger partial charge < -0.3 is 5.73 Å². The molecule has 0 aliphatic carbocycles. The molecule has 4 nitrogen and oxygen atoms in total. The molecule has 2 atom stereocenters. The highest BCUT2D eigenvalue weighted by Crippen LogP contribution is 2.22. The molecule has 1 aliphatic heterocycles. The Balaban J connectivity index is 2.23. The van der Waals surface area contributed by atoms with Crippen molar-refractivity contribution in [2.75, 3.05) is 13.1 Å². The fourth-order valence-electron chi connectivity index (χ4n) is 2.03. The summed E-state index contributed by atoms with van der Waals surface area (Å²) in [5, 5.41) is 0.